The largest absolute Gasteiger partial charge is 0.486 e. The number of anilines is 1. The Labute approximate surface area is 85.0 Å². The lowest BCUT2D eigenvalue weighted by Crippen LogP contribution is -2.29. The Bertz CT molecular complexity index is 422. The molecule has 0 unspecified atom stereocenters. The number of hydrogen-bond acceptors (Lipinski definition) is 4. The van der Waals surface area contributed by atoms with Gasteiger partial charge in [0.05, 0.1) is 11.0 Å². The van der Waals surface area contributed by atoms with Crippen molar-refractivity contribution in [2.45, 2.75) is 13.0 Å². The van der Waals surface area contributed by atoms with Crippen LogP contribution in [0.4, 0.5) is 15.8 Å². The van der Waals surface area contributed by atoms with Crippen LogP contribution in [0.2, 0.25) is 0 Å². The average molecular weight is 212 g/mol. The van der Waals surface area contributed by atoms with E-state index in [1.807, 2.05) is 0 Å². The summed E-state index contributed by atoms with van der Waals surface area (Å²) in [6.45, 7) is 2.10. The number of nitrogens with one attached hydrogen (secondary N) is 1. The molecule has 0 amide bonds. The molecule has 0 bridgehead atoms. The van der Waals surface area contributed by atoms with Gasteiger partial charge in [-0.05, 0) is 13.0 Å². The molecule has 5 nitrogen and oxygen atoms in total. The molecular formula is C9H9FN2O3. The summed E-state index contributed by atoms with van der Waals surface area (Å²) in [5, 5.41) is 13.5. The Morgan fingerprint density at radius 3 is 3.07 bits per heavy atom. The smallest absolute Gasteiger partial charge is 0.296 e. The fourth-order valence-corrected chi connectivity index (χ4v) is 1.48. The van der Waals surface area contributed by atoms with E-state index >= 15 is 0 Å². The second-order valence-electron chi connectivity index (χ2n) is 3.38. The molecule has 0 spiro atoms. The molecule has 1 heterocycles. The molecule has 1 aromatic rings. The van der Waals surface area contributed by atoms with Gasteiger partial charge in [0.25, 0.3) is 5.69 Å². The topological polar surface area (TPSA) is 64.4 Å². The van der Waals surface area contributed by atoms with Crippen LogP contribution in [0.1, 0.15) is 6.92 Å². The van der Waals surface area contributed by atoms with E-state index in [9.17, 15) is 14.5 Å². The van der Waals surface area contributed by atoms with E-state index in [1.165, 1.54) is 0 Å². The van der Waals surface area contributed by atoms with Gasteiger partial charge in [-0.2, -0.15) is 0 Å². The zero-order chi connectivity index (χ0) is 11.0. The van der Waals surface area contributed by atoms with Crippen molar-refractivity contribution in [3.05, 3.63) is 28.1 Å². The van der Waals surface area contributed by atoms with Crippen LogP contribution >= 0.6 is 0 Å². The lowest BCUT2D eigenvalue weighted by atomic mass is 10.2. The summed E-state index contributed by atoms with van der Waals surface area (Å²) in [5.74, 6) is -0.655. The molecule has 1 atom stereocenters. The van der Waals surface area contributed by atoms with Gasteiger partial charge >= 0.3 is 0 Å². The monoisotopic (exact) mass is 212 g/mol. The van der Waals surface area contributed by atoms with Crippen LogP contribution in [0, 0.1) is 15.9 Å². The van der Waals surface area contributed by atoms with Gasteiger partial charge in [0.1, 0.15) is 6.61 Å². The van der Waals surface area contributed by atoms with Crippen LogP contribution in [0.5, 0.6) is 5.75 Å². The number of nitro benzene ring substituents is 1. The normalized spacial score (nSPS) is 18.7. The second-order valence-corrected chi connectivity index (χ2v) is 3.38. The summed E-state index contributed by atoms with van der Waals surface area (Å²) in [4.78, 5) is 10.1. The number of nitrogens with zero attached hydrogens (tertiary/aromatic N) is 1. The summed E-state index contributed by atoms with van der Waals surface area (Å²) in [7, 11) is 0. The third-order valence-electron chi connectivity index (χ3n) is 2.15. The second kappa shape index (κ2) is 3.38. The first-order valence-electron chi connectivity index (χ1n) is 4.46. The molecule has 0 radical (unpaired) electrons. The highest BCUT2D eigenvalue weighted by atomic mass is 19.1. The predicted molar refractivity (Wildman–Crippen MR) is 51.6 cm³/mol. The van der Waals surface area contributed by atoms with Gasteiger partial charge in [-0.25, -0.2) is 4.39 Å². The van der Waals surface area contributed by atoms with Gasteiger partial charge in [0.15, 0.2) is 17.3 Å². The number of rotatable bonds is 1. The van der Waals surface area contributed by atoms with Crippen LogP contribution in [0.15, 0.2) is 12.1 Å². The summed E-state index contributed by atoms with van der Waals surface area (Å²) in [6.07, 6.45) is 0. The van der Waals surface area contributed by atoms with E-state index in [0.717, 1.165) is 12.1 Å². The quantitative estimate of drug-likeness (QED) is 0.570. The third kappa shape index (κ3) is 1.58. The predicted octanol–water partition coefficient (Wildman–Crippen LogP) is 1.93. The molecule has 0 saturated heterocycles. The first kappa shape index (κ1) is 9.70. The molecule has 80 valence electrons. The molecule has 15 heavy (non-hydrogen) atoms. The van der Waals surface area contributed by atoms with Crippen molar-refractivity contribution >= 4 is 11.4 Å². The number of hydrogen-bond donors (Lipinski definition) is 1. The highest BCUT2D eigenvalue weighted by Crippen LogP contribution is 2.39. The lowest BCUT2D eigenvalue weighted by molar-refractivity contribution is -0.384. The van der Waals surface area contributed by atoms with E-state index < -0.39 is 10.7 Å². The molecule has 0 saturated carbocycles. The third-order valence-corrected chi connectivity index (χ3v) is 2.15. The highest BCUT2D eigenvalue weighted by molar-refractivity contribution is 5.71. The van der Waals surface area contributed by atoms with Crippen molar-refractivity contribution in [3.63, 3.8) is 0 Å². The Morgan fingerprint density at radius 1 is 1.67 bits per heavy atom. The van der Waals surface area contributed by atoms with Gasteiger partial charge in [-0.3, -0.25) is 10.1 Å². The Hall–Kier alpha value is -1.85. The van der Waals surface area contributed by atoms with Crippen LogP contribution in [0.25, 0.3) is 0 Å². The van der Waals surface area contributed by atoms with Crippen molar-refractivity contribution in [2.75, 3.05) is 11.9 Å². The summed E-state index contributed by atoms with van der Waals surface area (Å²) in [5.41, 5.74) is -0.0447. The van der Waals surface area contributed by atoms with E-state index in [4.69, 9.17) is 4.74 Å². The van der Waals surface area contributed by atoms with Gasteiger partial charge in [-0.1, -0.05) is 0 Å². The van der Waals surface area contributed by atoms with Crippen LogP contribution in [0.3, 0.4) is 0 Å². The molecule has 0 fully saturated rings. The van der Waals surface area contributed by atoms with E-state index in [0.29, 0.717) is 6.61 Å². The summed E-state index contributed by atoms with van der Waals surface area (Å²) in [6, 6.07) is 2.09. The summed E-state index contributed by atoms with van der Waals surface area (Å²) < 4.78 is 18.4. The van der Waals surface area contributed by atoms with E-state index in [2.05, 4.69) is 5.32 Å². The zero-order valence-electron chi connectivity index (χ0n) is 7.99. The molecule has 2 rings (SSSR count). The molecule has 1 aromatic carbocycles. The van der Waals surface area contributed by atoms with Gasteiger partial charge < -0.3 is 10.1 Å². The molecule has 0 aliphatic carbocycles. The van der Waals surface area contributed by atoms with Crippen molar-refractivity contribution < 1.29 is 14.1 Å². The number of halogens is 1. The fraction of sp³-hybridized carbons (Fsp3) is 0.333. The number of nitro groups is 1. The van der Waals surface area contributed by atoms with Crippen molar-refractivity contribution in [1.29, 1.82) is 0 Å². The molecule has 1 aliphatic heterocycles. The van der Waals surface area contributed by atoms with Crippen molar-refractivity contribution in [2.24, 2.45) is 0 Å². The lowest BCUT2D eigenvalue weighted by Gasteiger charge is -2.24. The average Bonchev–Trinajstić information content (AvgIpc) is 2.17. The standard InChI is InChI=1S/C9H9FN2O3/c1-5-4-15-9-6(10)2-3-7(12(13)14)8(9)11-5/h2-3,5,11H,4H2,1H3/t5-/m1/s1. The Morgan fingerprint density at radius 2 is 2.40 bits per heavy atom. The maximum Gasteiger partial charge on any atom is 0.296 e. The highest BCUT2D eigenvalue weighted by Gasteiger charge is 2.27. The Balaban J connectivity index is 2.56. The maximum absolute atomic E-state index is 13.3. The van der Waals surface area contributed by atoms with Crippen LogP contribution < -0.4 is 10.1 Å². The molecule has 1 N–H and O–H groups in total. The molecule has 1 aliphatic rings. The SMILES string of the molecule is C[C@@H]1COc2c(F)ccc([N+](=O)[O-])c2N1. The van der Waals surface area contributed by atoms with Crippen molar-refractivity contribution in [1.82, 2.24) is 0 Å². The minimum atomic E-state index is -0.588. The molecule has 6 heteroatoms. The maximum atomic E-state index is 13.3. The van der Waals surface area contributed by atoms with Gasteiger partial charge in [0, 0.05) is 6.07 Å². The van der Waals surface area contributed by atoms with Gasteiger partial charge in [-0.15, -0.1) is 0 Å². The minimum absolute atomic E-state index is 0.0673. The number of fused-ring (bicyclic) bond motifs is 1. The first-order chi connectivity index (χ1) is 7.09. The van der Waals surface area contributed by atoms with E-state index in [-0.39, 0.29) is 23.2 Å². The van der Waals surface area contributed by atoms with E-state index in [1.54, 1.807) is 6.92 Å². The Kier molecular flexibility index (Phi) is 2.18. The number of benzene rings is 1. The molecular weight excluding hydrogens is 203 g/mol. The van der Waals surface area contributed by atoms with Crippen molar-refractivity contribution in [3.8, 4) is 5.75 Å². The van der Waals surface area contributed by atoms with Crippen LogP contribution in [-0.4, -0.2) is 17.6 Å². The summed E-state index contributed by atoms with van der Waals surface area (Å²) >= 11 is 0. The minimum Gasteiger partial charge on any atom is -0.486 e. The van der Waals surface area contributed by atoms with Gasteiger partial charge in [0.2, 0.25) is 0 Å². The number of ether oxygens (including phenoxy) is 1. The van der Waals surface area contributed by atoms with Crippen LogP contribution in [-0.2, 0) is 0 Å². The first-order valence-corrected chi connectivity index (χ1v) is 4.46. The molecule has 0 aromatic heterocycles. The zero-order valence-corrected chi connectivity index (χ0v) is 7.99. The fourth-order valence-electron chi connectivity index (χ4n) is 1.48.